The van der Waals surface area contributed by atoms with Crippen LogP contribution in [0.25, 0.3) is 0 Å². The monoisotopic (exact) mass is 561 g/mol. The normalized spacial score (nSPS) is 19.9. The first-order valence-corrected chi connectivity index (χ1v) is 12.7. The van der Waals surface area contributed by atoms with E-state index in [-0.39, 0.29) is 46.8 Å². The van der Waals surface area contributed by atoms with Gasteiger partial charge in [-0.1, -0.05) is 40.9 Å². The van der Waals surface area contributed by atoms with Crippen molar-refractivity contribution in [2.24, 2.45) is 0 Å². The number of amides is 2. The Morgan fingerprint density at radius 2 is 1.89 bits per heavy atom. The number of carboxylic acids is 1. The Morgan fingerprint density at radius 3 is 2.57 bits per heavy atom. The molecule has 12 heteroatoms. The molecule has 2 aromatic heterocycles. The molecule has 0 saturated carbocycles. The van der Waals surface area contributed by atoms with Crippen molar-refractivity contribution in [1.82, 2.24) is 24.6 Å². The number of hydrogen-bond acceptors (Lipinski definition) is 5. The van der Waals surface area contributed by atoms with E-state index in [0.717, 1.165) is 0 Å². The number of pyridine rings is 1. The van der Waals surface area contributed by atoms with Crippen molar-refractivity contribution in [1.29, 1.82) is 0 Å². The van der Waals surface area contributed by atoms with Crippen LogP contribution >= 0.6 is 34.8 Å². The lowest BCUT2D eigenvalue weighted by molar-refractivity contribution is -0.142. The Morgan fingerprint density at radius 1 is 1.14 bits per heavy atom. The second-order valence-corrected chi connectivity index (χ2v) is 10.4. The summed E-state index contributed by atoms with van der Waals surface area (Å²) in [5.41, 5.74) is 2.22. The van der Waals surface area contributed by atoms with Crippen molar-refractivity contribution in [2.75, 3.05) is 6.54 Å². The highest BCUT2D eigenvalue weighted by atomic mass is 35.5. The maximum atomic E-state index is 13.8. The van der Waals surface area contributed by atoms with E-state index in [4.69, 9.17) is 34.8 Å². The van der Waals surface area contributed by atoms with E-state index in [1.54, 1.807) is 42.2 Å². The van der Waals surface area contributed by atoms with Crippen LogP contribution in [0.4, 0.5) is 0 Å². The molecule has 37 heavy (non-hydrogen) atoms. The Balaban J connectivity index is 1.53. The topological polar surface area (TPSA) is 109 Å². The van der Waals surface area contributed by atoms with Gasteiger partial charge in [-0.05, 0) is 44.2 Å². The van der Waals surface area contributed by atoms with E-state index in [0.29, 0.717) is 34.0 Å². The van der Waals surface area contributed by atoms with Crippen molar-refractivity contribution in [2.45, 2.75) is 44.9 Å². The molecule has 2 amide bonds. The van der Waals surface area contributed by atoms with E-state index in [9.17, 15) is 19.5 Å². The summed E-state index contributed by atoms with van der Waals surface area (Å²) in [5.74, 6) is -1.76. The first kappa shape index (κ1) is 25.5. The van der Waals surface area contributed by atoms with Crippen LogP contribution < -0.4 is 0 Å². The first-order chi connectivity index (χ1) is 17.6. The van der Waals surface area contributed by atoms with E-state index in [1.165, 1.54) is 15.6 Å². The van der Waals surface area contributed by atoms with Crippen LogP contribution in [0, 0.1) is 0 Å². The molecule has 0 radical (unpaired) electrons. The third-order valence-corrected chi connectivity index (χ3v) is 7.86. The Bertz CT molecular complexity index is 1440. The number of aromatic nitrogens is 3. The minimum atomic E-state index is -1.11. The van der Waals surface area contributed by atoms with Gasteiger partial charge in [-0.25, -0.2) is 14.5 Å². The van der Waals surface area contributed by atoms with Crippen molar-refractivity contribution in [3.8, 4) is 0 Å². The lowest BCUT2D eigenvalue weighted by Crippen LogP contribution is -2.48. The Hall–Kier alpha value is -3.14. The molecule has 0 bridgehead atoms. The van der Waals surface area contributed by atoms with Crippen molar-refractivity contribution in [3.63, 3.8) is 0 Å². The minimum absolute atomic E-state index is 0.0848. The third kappa shape index (κ3) is 4.45. The van der Waals surface area contributed by atoms with Crippen molar-refractivity contribution in [3.05, 3.63) is 79.8 Å². The van der Waals surface area contributed by atoms with Gasteiger partial charge in [0, 0.05) is 23.6 Å². The van der Waals surface area contributed by atoms with Gasteiger partial charge in [0.15, 0.2) is 6.04 Å². The average Bonchev–Trinajstić information content (AvgIpc) is 3.23. The van der Waals surface area contributed by atoms with Gasteiger partial charge in [-0.2, -0.15) is 5.10 Å². The van der Waals surface area contributed by atoms with Crippen LogP contribution in [0.1, 0.15) is 63.7 Å². The number of benzene rings is 1. The standard InChI is InChI=1S/C25H22Cl3N5O4/c1-12-8-19-15(10-31(12)23(34)14-6-7-16(26)17(27)9-14)22-24(35)32(11-20(25(36)37)33(22)30-19)13(2)18-4-3-5-21(28)29-18/h3-7,9,12-13,20H,8,10-11H2,1-2H3,(H,36,37)/t12-,13?,20+/m1/s1. The molecule has 3 atom stereocenters. The van der Waals surface area contributed by atoms with Gasteiger partial charge >= 0.3 is 5.97 Å². The molecule has 5 rings (SSSR count). The predicted octanol–water partition coefficient (Wildman–Crippen LogP) is 4.67. The lowest BCUT2D eigenvalue weighted by Gasteiger charge is -2.37. The quantitative estimate of drug-likeness (QED) is 0.463. The molecule has 1 aromatic carbocycles. The minimum Gasteiger partial charge on any atom is -0.480 e. The maximum absolute atomic E-state index is 13.8. The molecule has 2 aliphatic heterocycles. The molecule has 0 aliphatic carbocycles. The van der Waals surface area contributed by atoms with Gasteiger partial charge in [0.2, 0.25) is 0 Å². The molecule has 1 unspecified atom stereocenters. The highest BCUT2D eigenvalue weighted by molar-refractivity contribution is 6.42. The summed E-state index contributed by atoms with van der Waals surface area (Å²) in [4.78, 5) is 46.9. The fraction of sp³-hybridized carbons (Fsp3) is 0.320. The number of carbonyl (C=O) groups is 3. The summed E-state index contributed by atoms with van der Waals surface area (Å²) < 4.78 is 1.30. The van der Waals surface area contributed by atoms with E-state index in [2.05, 4.69) is 10.1 Å². The van der Waals surface area contributed by atoms with Gasteiger partial charge in [0.25, 0.3) is 11.8 Å². The first-order valence-electron chi connectivity index (χ1n) is 11.6. The maximum Gasteiger partial charge on any atom is 0.330 e. The highest BCUT2D eigenvalue weighted by Crippen LogP contribution is 2.35. The number of carbonyl (C=O) groups excluding carboxylic acids is 2. The fourth-order valence-electron chi connectivity index (χ4n) is 4.90. The molecule has 192 valence electrons. The second kappa shape index (κ2) is 9.63. The largest absolute Gasteiger partial charge is 0.480 e. The smallest absolute Gasteiger partial charge is 0.330 e. The molecule has 4 heterocycles. The molecule has 1 N–H and O–H groups in total. The van der Waals surface area contributed by atoms with Gasteiger partial charge < -0.3 is 14.9 Å². The van der Waals surface area contributed by atoms with Gasteiger partial charge in [-0.3, -0.25) is 9.59 Å². The van der Waals surface area contributed by atoms with Gasteiger partial charge in [-0.15, -0.1) is 0 Å². The predicted molar refractivity (Wildman–Crippen MR) is 137 cm³/mol. The van der Waals surface area contributed by atoms with Crippen LogP contribution in [0.15, 0.2) is 36.4 Å². The zero-order valence-electron chi connectivity index (χ0n) is 19.9. The molecular weight excluding hydrogens is 541 g/mol. The van der Waals surface area contributed by atoms with Crippen LogP contribution in [0.3, 0.4) is 0 Å². The van der Waals surface area contributed by atoms with Crippen molar-refractivity contribution >= 4 is 52.6 Å². The summed E-state index contributed by atoms with van der Waals surface area (Å²) in [6.07, 6.45) is 0.368. The lowest BCUT2D eigenvalue weighted by atomic mass is 9.97. The molecule has 3 aromatic rings. The number of fused-ring (bicyclic) bond motifs is 3. The van der Waals surface area contributed by atoms with Gasteiger partial charge in [0.05, 0.1) is 40.6 Å². The third-order valence-electron chi connectivity index (χ3n) is 6.91. The summed E-state index contributed by atoms with van der Waals surface area (Å²) >= 11 is 18.2. The zero-order valence-corrected chi connectivity index (χ0v) is 22.1. The number of carboxylic acid groups (broad SMARTS) is 1. The second-order valence-electron chi connectivity index (χ2n) is 9.21. The molecule has 0 spiro atoms. The van der Waals surface area contributed by atoms with Crippen LogP contribution in [0.5, 0.6) is 0 Å². The number of nitrogens with zero attached hydrogens (tertiary/aromatic N) is 5. The van der Waals surface area contributed by atoms with Crippen LogP contribution in [-0.2, 0) is 17.8 Å². The SMILES string of the molecule is CC(c1cccc(Cl)n1)N1C[C@@H](C(=O)O)n2nc3c(c2C1=O)CN(C(=O)c1ccc(Cl)c(Cl)c1)[C@H](C)C3. The van der Waals surface area contributed by atoms with E-state index >= 15 is 0 Å². The summed E-state index contributed by atoms with van der Waals surface area (Å²) in [6, 6.07) is 7.89. The molecule has 2 aliphatic rings. The summed E-state index contributed by atoms with van der Waals surface area (Å²) in [7, 11) is 0. The summed E-state index contributed by atoms with van der Waals surface area (Å²) in [5, 5.41) is 15.4. The number of hydrogen-bond donors (Lipinski definition) is 1. The van der Waals surface area contributed by atoms with Gasteiger partial charge in [0.1, 0.15) is 10.8 Å². The van der Waals surface area contributed by atoms with Crippen LogP contribution in [0.2, 0.25) is 15.2 Å². The number of rotatable bonds is 4. The van der Waals surface area contributed by atoms with E-state index < -0.39 is 18.1 Å². The average molecular weight is 563 g/mol. The molecular formula is C25H22Cl3N5O4. The highest BCUT2D eigenvalue weighted by Gasteiger charge is 2.44. The summed E-state index contributed by atoms with van der Waals surface area (Å²) in [6.45, 7) is 3.67. The molecule has 0 saturated heterocycles. The number of aliphatic carboxylic acids is 1. The zero-order chi connectivity index (χ0) is 26.6. The number of halogens is 3. The Kier molecular flexibility index (Phi) is 6.64. The fourth-order valence-corrected chi connectivity index (χ4v) is 5.37. The molecule has 0 fully saturated rings. The van der Waals surface area contributed by atoms with Crippen molar-refractivity contribution < 1.29 is 19.5 Å². The van der Waals surface area contributed by atoms with Crippen LogP contribution in [-0.4, -0.2) is 60.0 Å². The molecule has 9 nitrogen and oxygen atoms in total. The Labute approximate surface area is 227 Å². The van der Waals surface area contributed by atoms with E-state index in [1.807, 2.05) is 6.92 Å².